The highest BCUT2D eigenvalue weighted by atomic mass is 19.1. The first-order valence-electron chi connectivity index (χ1n) is 8.07. The van der Waals surface area contributed by atoms with Crippen molar-refractivity contribution < 1.29 is 9.18 Å². The van der Waals surface area contributed by atoms with E-state index >= 15 is 0 Å². The van der Waals surface area contributed by atoms with E-state index in [1.54, 1.807) is 12.1 Å². The van der Waals surface area contributed by atoms with Gasteiger partial charge in [-0.05, 0) is 37.5 Å². The zero-order chi connectivity index (χ0) is 16.2. The standard InChI is InChI=1S/C18H20FN3O/c19-16-12-14(13-20)6-7-17(16)21-8-10-22(11-9-21)18(23)15-4-2-1-3-5-15/h1-2,6-7,12,15H,3-5,8-11H2/t15-/m1/s1. The Balaban J connectivity index is 1.61. The van der Waals surface area contributed by atoms with Crippen molar-refractivity contribution in [3.63, 3.8) is 0 Å². The molecule has 0 radical (unpaired) electrons. The lowest BCUT2D eigenvalue weighted by molar-refractivity contribution is -0.136. The molecule has 1 heterocycles. The maximum absolute atomic E-state index is 14.1. The highest BCUT2D eigenvalue weighted by Crippen LogP contribution is 2.24. The largest absolute Gasteiger partial charge is 0.366 e. The molecule has 1 aromatic rings. The van der Waals surface area contributed by atoms with Crippen molar-refractivity contribution in [1.82, 2.24) is 4.90 Å². The quantitative estimate of drug-likeness (QED) is 0.789. The molecular formula is C18H20FN3O. The topological polar surface area (TPSA) is 47.3 Å². The summed E-state index contributed by atoms with van der Waals surface area (Å²) >= 11 is 0. The monoisotopic (exact) mass is 313 g/mol. The molecule has 23 heavy (non-hydrogen) atoms. The predicted molar refractivity (Wildman–Crippen MR) is 86.4 cm³/mol. The van der Waals surface area contributed by atoms with Gasteiger partial charge in [0.15, 0.2) is 0 Å². The first kappa shape index (κ1) is 15.5. The van der Waals surface area contributed by atoms with E-state index in [0.29, 0.717) is 37.4 Å². The van der Waals surface area contributed by atoms with E-state index < -0.39 is 0 Å². The number of rotatable bonds is 2. The van der Waals surface area contributed by atoms with Crippen LogP contribution in [0.5, 0.6) is 0 Å². The zero-order valence-electron chi connectivity index (χ0n) is 13.0. The average Bonchev–Trinajstić information content (AvgIpc) is 2.62. The normalized spacial score (nSPS) is 21.1. The molecule has 5 heteroatoms. The van der Waals surface area contributed by atoms with Crippen molar-refractivity contribution in [3.8, 4) is 6.07 Å². The number of benzene rings is 1. The molecule has 0 saturated carbocycles. The molecule has 0 N–H and O–H groups in total. The van der Waals surface area contributed by atoms with Crippen molar-refractivity contribution in [2.24, 2.45) is 5.92 Å². The SMILES string of the molecule is N#Cc1ccc(N2CCN(C(=O)[C@@H]3CC=CCC3)CC2)c(F)c1. The molecule has 4 nitrogen and oxygen atoms in total. The van der Waals surface area contributed by atoms with Crippen molar-refractivity contribution in [2.45, 2.75) is 19.3 Å². The molecule has 120 valence electrons. The minimum Gasteiger partial charge on any atom is -0.366 e. The van der Waals surface area contributed by atoms with Crippen LogP contribution in [0.2, 0.25) is 0 Å². The van der Waals surface area contributed by atoms with Crippen LogP contribution in [0.4, 0.5) is 10.1 Å². The molecular weight excluding hydrogens is 293 g/mol. The van der Waals surface area contributed by atoms with Crippen molar-refractivity contribution in [2.75, 3.05) is 31.1 Å². The fourth-order valence-corrected chi connectivity index (χ4v) is 3.28. The first-order valence-corrected chi connectivity index (χ1v) is 8.07. The third kappa shape index (κ3) is 3.37. The molecule has 0 bridgehead atoms. The fourth-order valence-electron chi connectivity index (χ4n) is 3.28. The van der Waals surface area contributed by atoms with E-state index in [2.05, 4.69) is 12.2 Å². The number of halogens is 1. The molecule has 3 rings (SSSR count). The number of nitriles is 1. The number of hydrogen-bond acceptors (Lipinski definition) is 3. The second-order valence-electron chi connectivity index (χ2n) is 6.07. The van der Waals surface area contributed by atoms with Crippen LogP contribution in [0.3, 0.4) is 0 Å². The van der Waals surface area contributed by atoms with Gasteiger partial charge in [-0.1, -0.05) is 12.2 Å². The molecule has 1 saturated heterocycles. The van der Waals surface area contributed by atoms with Crippen LogP contribution in [0.1, 0.15) is 24.8 Å². The summed E-state index contributed by atoms with van der Waals surface area (Å²) in [6.45, 7) is 2.49. The second-order valence-corrected chi connectivity index (χ2v) is 6.07. The summed E-state index contributed by atoms with van der Waals surface area (Å²) in [5, 5.41) is 8.80. The number of hydrogen-bond donors (Lipinski definition) is 0. The number of carbonyl (C=O) groups is 1. The van der Waals surface area contributed by atoms with Crippen molar-refractivity contribution in [1.29, 1.82) is 5.26 Å². The number of anilines is 1. The summed E-state index contributed by atoms with van der Waals surface area (Å²) in [5.41, 5.74) is 0.835. The molecule has 0 aromatic heterocycles. The van der Waals surface area contributed by atoms with E-state index in [4.69, 9.17) is 5.26 Å². The zero-order valence-corrected chi connectivity index (χ0v) is 13.0. The van der Waals surface area contributed by atoms with Gasteiger partial charge in [0.1, 0.15) is 5.82 Å². The number of nitrogens with zero attached hydrogens (tertiary/aromatic N) is 3. The van der Waals surface area contributed by atoms with Gasteiger partial charge in [0.05, 0.1) is 17.3 Å². The highest BCUT2D eigenvalue weighted by molar-refractivity contribution is 5.79. The van der Waals surface area contributed by atoms with Crippen LogP contribution in [-0.4, -0.2) is 37.0 Å². The molecule has 1 fully saturated rings. The molecule has 1 amide bonds. The van der Waals surface area contributed by atoms with Gasteiger partial charge < -0.3 is 9.80 Å². The molecule has 0 unspecified atom stereocenters. The predicted octanol–water partition coefficient (Wildman–Crippen LogP) is 2.70. The van der Waals surface area contributed by atoms with Crippen molar-refractivity contribution >= 4 is 11.6 Å². The van der Waals surface area contributed by atoms with Gasteiger partial charge in [-0.25, -0.2) is 4.39 Å². The lowest BCUT2D eigenvalue weighted by atomic mass is 9.93. The van der Waals surface area contributed by atoms with Crippen LogP contribution in [-0.2, 0) is 4.79 Å². The second kappa shape index (κ2) is 6.82. The molecule has 1 aliphatic carbocycles. The summed E-state index contributed by atoms with van der Waals surface area (Å²) in [5.74, 6) is -0.0336. The third-order valence-electron chi connectivity index (χ3n) is 4.63. The number of allylic oxidation sites excluding steroid dienone is 2. The lowest BCUT2D eigenvalue weighted by Gasteiger charge is -2.38. The Labute approximate surface area is 135 Å². The number of amides is 1. The summed E-state index contributed by atoms with van der Waals surface area (Å²) in [7, 11) is 0. The van der Waals surface area contributed by atoms with E-state index in [1.807, 2.05) is 15.9 Å². The summed E-state index contributed by atoms with van der Waals surface area (Å²) in [6, 6.07) is 6.48. The summed E-state index contributed by atoms with van der Waals surface area (Å²) in [6.07, 6.45) is 6.97. The van der Waals surface area contributed by atoms with Gasteiger partial charge in [-0.2, -0.15) is 5.26 Å². The van der Waals surface area contributed by atoms with E-state index in [1.165, 1.54) is 6.07 Å². The number of piperazine rings is 1. The fraction of sp³-hybridized carbons (Fsp3) is 0.444. The Hall–Kier alpha value is -2.35. The molecule has 1 aromatic carbocycles. The van der Waals surface area contributed by atoms with Crippen LogP contribution in [0, 0.1) is 23.1 Å². The maximum Gasteiger partial charge on any atom is 0.226 e. The van der Waals surface area contributed by atoms with Crippen LogP contribution >= 0.6 is 0 Å². The van der Waals surface area contributed by atoms with Crippen LogP contribution in [0.25, 0.3) is 0 Å². The summed E-state index contributed by atoms with van der Waals surface area (Å²) in [4.78, 5) is 16.4. The minimum atomic E-state index is -0.374. The van der Waals surface area contributed by atoms with Gasteiger partial charge >= 0.3 is 0 Å². The third-order valence-corrected chi connectivity index (χ3v) is 4.63. The minimum absolute atomic E-state index is 0.109. The first-order chi connectivity index (χ1) is 11.2. The Kier molecular flexibility index (Phi) is 4.61. The molecule has 1 atom stereocenters. The Bertz CT molecular complexity index is 657. The average molecular weight is 313 g/mol. The lowest BCUT2D eigenvalue weighted by Crippen LogP contribution is -2.50. The smallest absolute Gasteiger partial charge is 0.226 e. The van der Waals surface area contributed by atoms with Gasteiger partial charge in [-0.3, -0.25) is 4.79 Å². The molecule has 0 spiro atoms. The Morgan fingerprint density at radius 2 is 2.00 bits per heavy atom. The maximum atomic E-state index is 14.1. The Morgan fingerprint density at radius 3 is 2.61 bits per heavy atom. The van der Waals surface area contributed by atoms with E-state index in [9.17, 15) is 9.18 Å². The Morgan fingerprint density at radius 1 is 1.22 bits per heavy atom. The van der Waals surface area contributed by atoms with Gasteiger partial charge in [0.2, 0.25) is 5.91 Å². The van der Waals surface area contributed by atoms with Crippen LogP contribution in [0.15, 0.2) is 30.4 Å². The number of carbonyl (C=O) groups excluding carboxylic acids is 1. The molecule has 2 aliphatic rings. The highest BCUT2D eigenvalue weighted by Gasteiger charge is 2.28. The summed E-state index contributed by atoms with van der Waals surface area (Å²) < 4.78 is 14.1. The van der Waals surface area contributed by atoms with Crippen LogP contribution < -0.4 is 4.90 Å². The van der Waals surface area contributed by atoms with E-state index in [0.717, 1.165) is 19.3 Å². The van der Waals surface area contributed by atoms with Gasteiger partial charge in [-0.15, -0.1) is 0 Å². The van der Waals surface area contributed by atoms with Gasteiger partial charge in [0.25, 0.3) is 0 Å². The van der Waals surface area contributed by atoms with E-state index in [-0.39, 0.29) is 17.6 Å². The molecule has 1 aliphatic heterocycles. The van der Waals surface area contributed by atoms with Gasteiger partial charge in [0, 0.05) is 32.1 Å². The van der Waals surface area contributed by atoms with Crippen molar-refractivity contribution in [3.05, 3.63) is 41.7 Å².